The van der Waals surface area contributed by atoms with E-state index >= 15 is 0 Å². The Kier molecular flexibility index (Phi) is 4.76. The van der Waals surface area contributed by atoms with Crippen LogP contribution in [0.2, 0.25) is 0 Å². The predicted molar refractivity (Wildman–Crippen MR) is 84.0 cm³/mol. The smallest absolute Gasteiger partial charge is 0.0384 e. The minimum atomic E-state index is 0.720. The van der Waals surface area contributed by atoms with Crippen LogP contribution in [-0.4, -0.2) is 17.5 Å². The molecule has 0 radical (unpaired) electrons. The number of rotatable bonds is 1. The lowest BCUT2D eigenvalue weighted by molar-refractivity contribution is 0.193. The molecule has 1 nitrogen and oxygen atoms in total. The van der Waals surface area contributed by atoms with Crippen LogP contribution in [0.4, 0.5) is 0 Å². The molecule has 0 amide bonds. The van der Waals surface area contributed by atoms with Crippen molar-refractivity contribution in [3.8, 4) is 0 Å². The SMILES string of the molecule is C=C(C)C1=C(C)C(C)CCC2CCCC(C)CCN12. The molecule has 0 aromatic heterocycles. The molecular formula is C18H31N. The summed E-state index contributed by atoms with van der Waals surface area (Å²) in [4.78, 5) is 2.72. The van der Waals surface area contributed by atoms with Crippen LogP contribution in [0.5, 0.6) is 0 Å². The summed E-state index contributed by atoms with van der Waals surface area (Å²) in [6.45, 7) is 14.8. The monoisotopic (exact) mass is 261 g/mol. The molecule has 0 bridgehead atoms. The van der Waals surface area contributed by atoms with Crippen LogP contribution >= 0.6 is 0 Å². The molecule has 0 saturated carbocycles. The van der Waals surface area contributed by atoms with Crippen molar-refractivity contribution < 1.29 is 0 Å². The summed E-state index contributed by atoms with van der Waals surface area (Å²) in [6, 6.07) is 0.763. The van der Waals surface area contributed by atoms with Gasteiger partial charge in [0.2, 0.25) is 0 Å². The fraction of sp³-hybridized carbons (Fsp3) is 0.778. The third-order valence-corrected chi connectivity index (χ3v) is 5.27. The van der Waals surface area contributed by atoms with Crippen LogP contribution in [0.15, 0.2) is 23.4 Å². The van der Waals surface area contributed by atoms with Gasteiger partial charge in [-0.3, -0.25) is 0 Å². The molecule has 1 fully saturated rings. The average Bonchev–Trinajstić information content (AvgIpc) is 2.44. The molecule has 19 heavy (non-hydrogen) atoms. The van der Waals surface area contributed by atoms with Crippen LogP contribution in [0, 0.1) is 11.8 Å². The maximum atomic E-state index is 4.27. The standard InChI is InChI=1S/C18H31N/c1-13(2)18-16(5)15(4)9-10-17-8-6-7-14(3)11-12-19(17)18/h14-15,17H,1,6-12H2,2-5H3. The zero-order valence-electron chi connectivity index (χ0n) is 13.3. The molecule has 108 valence electrons. The van der Waals surface area contributed by atoms with Crippen LogP contribution in [0.3, 0.4) is 0 Å². The number of allylic oxidation sites excluding steroid dienone is 2. The highest BCUT2D eigenvalue weighted by Crippen LogP contribution is 2.36. The molecule has 3 unspecified atom stereocenters. The van der Waals surface area contributed by atoms with Gasteiger partial charge in [0.15, 0.2) is 0 Å². The van der Waals surface area contributed by atoms with Crippen molar-refractivity contribution in [2.45, 2.75) is 72.3 Å². The summed E-state index contributed by atoms with van der Waals surface area (Å²) >= 11 is 0. The predicted octanol–water partition coefficient (Wildman–Crippen LogP) is 5.15. The first-order valence-corrected chi connectivity index (χ1v) is 8.14. The fourth-order valence-electron chi connectivity index (χ4n) is 3.84. The first-order chi connectivity index (χ1) is 9.00. The van der Waals surface area contributed by atoms with Gasteiger partial charge < -0.3 is 4.90 Å². The third kappa shape index (κ3) is 3.24. The topological polar surface area (TPSA) is 3.24 Å². The fourth-order valence-corrected chi connectivity index (χ4v) is 3.84. The van der Waals surface area contributed by atoms with Crippen LogP contribution < -0.4 is 0 Å². The summed E-state index contributed by atoms with van der Waals surface area (Å²) in [5.74, 6) is 1.60. The number of hydrogen-bond acceptors (Lipinski definition) is 1. The first kappa shape index (κ1) is 14.7. The maximum Gasteiger partial charge on any atom is 0.0384 e. The Morgan fingerprint density at radius 1 is 1.11 bits per heavy atom. The molecule has 1 saturated heterocycles. The summed E-state index contributed by atoms with van der Waals surface area (Å²) in [5.41, 5.74) is 4.33. The molecule has 0 spiro atoms. The lowest BCUT2D eigenvalue weighted by Gasteiger charge is -2.38. The van der Waals surface area contributed by atoms with E-state index in [-0.39, 0.29) is 0 Å². The van der Waals surface area contributed by atoms with Crippen LogP contribution in [0.1, 0.15) is 66.2 Å². The van der Waals surface area contributed by atoms with Crippen molar-refractivity contribution in [3.63, 3.8) is 0 Å². The Hall–Kier alpha value is -0.720. The molecule has 2 aliphatic heterocycles. The zero-order chi connectivity index (χ0) is 14.0. The van der Waals surface area contributed by atoms with Gasteiger partial charge in [0.05, 0.1) is 0 Å². The van der Waals surface area contributed by atoms with E-state index in [1.54, 1.807) is 5.57 Å². The molecular weight excluding hydrogens is 230 g/mol. The molecule has 1 heteroatoms. The van der Waals surface area contributed by atoms with Crippen LogP contribution in [-0.2, 0) is 0 Å². The summed E-state index contributed by atoms with van der Waals surface area (Å²) in [6.07, 6.45) is 8.25. The second kappa shape index (κ2) is 6.15. The van der Waals surface area contributed by atoms with Gasteiger partial charge in [0.1, 0.15) is 0 Å². The quantitative estimate of drug-likeness (QED) is 0.631. The normalized spacial score (nSPS) is 33.3. The number of fused-ring (bicyclic) bond motifs is 1. The van der Waals surface area contributed by atoms with Crippen molar-refractivity contribution in [2.24, 2.45) is 11.8 Å². The van der Waals surface area contributed by atoms with Gasteiger partial charge in [-0.05, 0) is 62.5 Å². The van der Waals surface area contributed by atoms with Crippen molar-refractivity contribution in [3.05, 3.63) is 23.4 Å². The molecule has 2 rings (SSSR count). The first-order valence-electron chi connectivity index (χ1n) is 8.14. The van der Waals surface area contributed by atoms with E-state index in [1.165, 1.54) is 56.3 Å². The average molecular weight is 261 g/mol. The van der Waals surface area contributed by atoms with Gasteiger partial charge in [-0.1, -0.05) is 33.3 Å². The van der Waals surface area contributed by atoms with Crippen molar-refractivity contribution in [1.29, 1.82) is 0 Å². The van der Waals surface area contributed by atoms with Crippen molar-refractivity contribution in [2.75, 3.05) is 6.54 Å². The Bertz CT molecular complexity index is 366. The second-order valence-corrected chi connectivity index (χ2v) is 6.96. The Balaban J connectivity index is 2.32. The van der Waals surface area contributed by atoms with Crippen molar-refractivity contribution in [1.82, 2.24) is 4.90 Å². The number of hydrogen-bond donors (Lipinski definition) is 0. The van der Waals surface area contributed by atoms with Gasteiger partial charge in [-0.25, -0.2) is 0 Å². The van der Waals surface area contributed by atoms with E-state index in [0.29, 0.717) is 0 Å². The minimum Gasteiger partial charge on any atom is -0.368 e. The van der Waals surface area contributed by atoms with E-state index in [4.69, 9.17) is 0 Å². The molecule has 0 N–H and O–H groups in total. The summed E-state index contributed by atoms with van der Waals surface area (Å²) in [7, 11) is 0. The van der Waals surface area contributed by atoms with Gasteiger partial charge in [0.25, 0.3) is 0 Å². The zero-order valence-corrected chi connectivity index (χ0v) is 13.3. The lowest BCUT2D eigenvalue weighted by atomic mass is 9.92. The van der Waals surface area contributed by atoms with Gasteiger partial charge in [-0.2, -0.15) is 0 Å². The van der Waals surface area contributed by atoms with Gasteiger partial charge >= 0.3 is 0 Å². The summed E-state index contributed by atoms with van der Waals surface area (Å²) < 4.78 is 0. The van der Waals surface area contributed by atoms with E-state index in [0.717, 1.165) is 17.9 Å². The maximum absolute atomic E-state index is 4.27. The highest BCUT2D eigenvalue weighted by Gasteiger charge is 2.29. The minimum absolute atomic E-state index is 0.720. The highest BCUT2D eigenvalue weighted by atomic mass is 15.2. The second-order valence-electron chi connectivity index (χ2n) is 6.96. The van der Waals surface area contributed by atoms with Gasteiger partial charge in [-0.15, -0.1) is 0 Å². The van der Waals surface area contributed by atoms with Gasteiger partial charge in [0, 0.05) is 18.3 Å². The molecule has 2 heterocycles. The van der Waals surface area contributed by atoms with Crippen molar-refractivity contribution >= 4 is 0 Å². The van der Waals surface area contributed by atoms with E-state index < -0.39 is 0 Å². The molecule has 2 aliphatic rings. The highest BCUT2D eigenvalue weighted by molar-refractivity contribution is 5.32. The van der Waals surface area contributed by atoms with Crippen LogP contribution in [0.25, 0.3) is 0 Å². The Labute approximate surface area is 119 Å². The van der Waals surface area contributed by atoms with E-state index in [1.807, 2.05) is 0 Å². The lowest BCUT2D eigenvalue weighted by Crippen LogP contribution is -2.37. The Morgan fingerprint density at radius 3 is 2.53 bits per heavy atom. The molecule has 0 aliphatic carbocycles. The van der Waals surface area contributed by atoms with E-state index in [9.17, 15) is 0 Å². The van der Waals surface area contributed by atoms with E-state index in [2.05, 4.69) is 39.2 Å². The molecule has 0 aromatic carbocycles. The molecule has 0 aromatic rings. The third-order valence-electron chi connectivity index (χ3n) is 5.27. The largest absolute Gasteiger partial charge is 0.368 e. The number of nitrogens with zero attached hydrogens (tertiary/aromatic N) is 1. The summed E-state index contributed by atoms with van der Waals surface area (Å²) in [5, 5.41) is 0. The molecule has 3 atom stereocenters. The Morgan fingerprint density at radius 2 is 1.84 bits per heavy atom.